The van der Waals surface area contributed by atoms with Crippen LogP contribution in [0.3, 0.4) is 0 Å². The third-order valence-electron chi connectivity index (χ3n) is 3.23. The molecule has 20 heavy (non-hydrogen) atoms. The zero-order valence-electron chi connectivity index (χ0n) is 11.3. The molecular weight excluding hydrogens is 280 g/mol. The Balaban J connectivity index is 1.97. The molecule has 1 heterocycles. The van der Waals surface area contributed by atoms with Gasteiger partial charge in [-0.2, -0.15) is 0 Å². The summed E-state index contributed by atoms with van der Waals surface area (Å²) in [5.74, 6) is 0.161. The highest BCUT2D eigenvalue weighted by molar-refractivity contribution is 6.32. The largest absolute Gasteiger partial charge is 0.482 e. The summed E-state index contributed by atoms with van der Waals surface area (Å²) in [5, 5.41) is 3.22. The number of para-hydroxylation sites is 1. The molecule has 0 radical (unpaired) electrons. The molecule has 1 N–H and O–H groups in total. The first-order valence-corrected chi connectivity index (χ1v) is 6.95. The Morgan fingerprint density at radius 2 is 2.25 bits per heavy atom. The molecule has 1 fully saturated rings. The van der Waals surface area contributed by atoms with Crippen LogP contribution in [0.4, 0.5) is 0 Å². The average Bonchev–Trinajstić information content (AvgIpc) is 2.46. The minimum Gasteiger partial charge on any atom is -0.482 e. The van der Waals surface area contributed by atoms with E-state index in [2.05, 4.69) is 5.32 Å². The van der Waals surface area contributed by atoms with Crippen molar-refractivity contribution in [2.45, 2.75) is 19.4 Å². The Kier molecular flexibility index (Phi) is 4.84. The number of hydrogen-bond acceptors (Lipinski definition) is 3. The molecule has 0 saturated carbocycles. The fourth-order valence-electron chi connectivity index (χ4n) is 2.20. The van der Waals surface area contributed by atoms with Crippen LogP contribution in [0.5, 0.6) is 5.75 Å². The van der Waals surface area contributed by atoms with Crippen molar-refractivity contribution < 1.29 is 14.3 Å². The summed E-state index contributed by atoms with van der Waals surface area (Å²) in [4.78, 5) is 25.4. The molecule has 1 aromatic rings. The quantitative estimate of drug-likeness (QED) is 0.915. The van der Waals surface area contributed by atoms with E-state index in [1.54, 1.807) is 29.2 Å². The number of carbonyl (C=O) groups is 2. The van der Waals surface area contributed by atoms with Crippen LogP contribution in [0.25, 0.3) is 0 Å². The molecule has 1 saturated heterocycles. The van der Waals surface area contributed by atoms with Gasteiger partial charge in [-0.15, -0.1) is 0 Å². The van der Waals surface area contributed by atoms with Gasteiger partial charge in [0, 0.05) is 13.1 Å². The van der Waals surface area contributed by atoms with E-state index in [0.29, 0.717) is 30.3 Å². The molecule has 0 bridgehead atoms. The lowest BCUT2D eigenvalue weighted by molar-refractivity contribution is -0.144. The third-order valence-corrected chi connectivity index (χ3v) is 3.54. The molecule has 0 aliphatic carbocycles. The van der Waals surface area contributed by atoms with Crippen LogP contribution < -0.4 is 10.1 Å². The van der Waals surface area contributed by atoms with E-state index < -0.39 is 6.04 Å². The second kappa shape index (κ2) is 6.61. The van der Waals surface area contributed by atoms with Crippen LogP contribution in [-0.2, 0) is 9.59 Å². The van der Waals surface area contributed by atoms with Crippen molar-refractivity contribution in [1.82, 2.24) is 10.2 Å². The van der Waals surface area contributed by atoms with E-state index in [4.69, 9.17) is 16.3 Å². The lowest BCUT2D eigenvalue weighted by Gasteiger charge is -2.34. The lowest BCUT2D eigenvalue weighted by atomic mass is 10.1. The maximum Gasteiger partial charge on any atom is 0.261 e. The van der Waals surface area contributed by atoms with Gasteiger partial charge in [0.15, 0.2) is 6.61 Å². The van der Waals surface area contributed by atoms with Gasteiger partial charge in [-0.25, -0.2) is 0 Å². The lowest BCUT2D eigenvalue weighted by Crippen LogP contribution is -2.57. The molecule has 2 rings (SSSR count). The number of ether oxygens (including phenoxy) is 1. The Bertz CT molecular complexity index is 507. The second-order valence-electron chi connectivity index (χ2n) is 4.52. The first-order valence-electron chi connectivity index (χ1n) is 6.58. The van der Waals surface area contributed by atoms with Crippen LogP contribution in [0, 0.1) is 0 Å². The molecule has 1 aliphatic rings. The van der Waals surface area contributed by atoms with Gasteiger partial charge in [0.05, 0.1) is 5.02 Å². The number of nitrogens with zero attached hydrogens (tertiary/aromatic N) is 1. The van der Waals surface area contributed by atoms with E-state index in [1.807, 2.05) is 6.92 Å². The predicted molar refractivity (Wildman–Crippen MR) is 75.7 cm³/mol. The molecule has 2 amide bonds. The second-order valence-corrected chi connectivity index (χ2v) is 4.93. The number of halogens is 1. The fourth-order valence-corrected chi connectivity index (χ4v) is 2.39. The first kappa shape index (κ1) is 14.7. The number of piperazine rings is 1. The van der Waals surface area contributed by atoms with E-state index in [9.17, 15) is 9.59 Å². The normalized spacial score (nSPS) is 18.6. The number of amides is 2. The van der Waals surface area contributed by atoms with Crippen molar-refractivity contribution in [2.75, 3.05) is 19.7 Å². The number of carbonyl (C=O) groups excluding carboxylic acids is 2. The molecule has 0 spiro atoms. The summed E-state index contributed by atoms with van der Waals surface area (Å²) < 4.78 is 5.43. The van der Waals surface area contributed by atoms with E-state index >= 15 is 0 Å². The summed E-state index contributed by atoms with van der Waals surface area (Å²) in [6.45, 7) is 2.75. The molecule has 6 heteroatoms. The first-order chi connectivity index (χ1) is 9.63. The van der Waals surface area contributed by atoms with Crippen molar-refractivity contribution >= 4 is 23.4 Å². The monoisotopic (exact) mass is 296 g/mol. The van der Waals surface area contributed by atoms with Gasteiger partial charge >= 0.3 is 0 Å². The standard InChI is InChI=1S/C14H17ClN2O3/c1-2-11-14(19)16-7-8-17(11)13(18)9-20-12-6-4-3-5-10(12)15/h3-6,11H,2,7-9H2,1H3,(H,16,19). The van der Waals surface area contributed by atoms with E-state index in [1.165, 1.54) is 0 Å². The van der Waals surface area contributed by atoms with Gasteiger partial charge in [0.1, 0.15) is 11.8 Å². The van der Waals surface area contributed by atoms with Crippen molar-refractivity contribution in [1.29, 1.82) is 0 Å². The Morgan fingerprint density at radius 1 is 1.50 bits per heavy atom. The van der Waals surface area contributed by atoms with Gasteiger partial charge in [0.25, 0.3) is 5.91 Å². The van der Waals surface area contributed by atoms with Crippen LogP contribution in [0.1, 0.15) is 13.3 Å². The van der Waals surface area contributed by atoms with Crippen molar-refractivity contribution in [3.63, 3.8) is 0 Å². The Morgan fingerprint density at radius 3 is 2.95 bits per heavy atom. The summed E-state index contributed by atoms with van der Waals surface area (Å²) in [5.41, 5.74) is 0. The highest BCUT2D eigenvalue weighted by atomic mass is 35.5. The molecule has 1 unspecified atom stereocenters. The van der Waals surface area contributed by atoms with Gasteiger partial charge < -0.3 is 15.0 Å². The molecule has 108 valence electrons. The number of rotatable bonds is 4. The molecule has 1 atom stereocenters. The SMILES string of the molecule is CCC1C(=O)NCCN1C(=O)COc1ccccc1Cl. The minimum atomic E-state index is -0.411. The van der Waals surface area contributed by atoms with Gasteiger partial charge in [-0.3, -0.25) is 9.59 Å². The van der Waals surface area contributed by atoms with Crippen LogP contribution in [0.15, 0.2) is 24.3 Å². The summed E-state index contributed by atoms with van der Waals surface area (Å²) >= 11 is 5.96. The van der Waals surface area contributed by atoms with Crippen LogP contribution in [0.2, 0.25) is 5.02 Å². The summed E-state index contributed by atoms with van der Waals surface area (Å²) in [6.07, 6.45) is 0.587. The van der Waals surface area contributed by atoms with Gasteiger partial charge in [0.2, 0.25) is 5.91 Å². The number of benzene rings is 1. The molecule has 1 aromatic carbocycles. The minimum absolute atomic E-state index is 0.107. The van der Waals surface area contributed by atoms with Crippen molar-refractivity contribution in [3.8, 4) is 5.75 Å². The zero-order chi connectivity index (χ0) is 14.5. The number of hydrogen-bond donors (Lipinski definition) is 1. The molecule has 5 nitrogen and oxygen atoms in total. The maximum atomic E-state index is 12.2. The van der Waals surface area contributed by atoms with Gasteiger partial charge in [-0.05, 0) is 18.6 Å². The Labute approximate surface area is 122 Å². The highest BCUT2D eigenvalue weighted by Crippen LogP contribution is 2.23. The molecule has 0 aromatic heterocycles. The zero-order valence-corrected chi connectivity index (χ0v) is 12.0. The van der Waals surface area contributed by atoms with E-state index in [0.717, 1.165) is 0 Å². The molecular formula is C14H17ClN2O3. The summed E-state index contributed by atoms with van der Waals surface area (Å²) in [7, 11) is 0. The fraction of sp³-hybridized carbons (Fsp3) is 0.429. The average molecular weight is 297 g/mol. The van der Waals surface area contributed by atoms with Crippen molar-refractivity contribution in [3.05, 3.63) is 29.3 Å². The number of nitrogens with one attached hydrogen (secondary N) is 1. The Hall–Kier alpha value is -1.75. The predicted octanol–water partition coefficient (Wildman–Crippen LogP) is 1.46. The van der Waals surface area contributed by atoms with Crippen LogP contribution >= 0.6 is 11.6 Å². The maximum absolute atomic E-state index is 12.2. The van der Waals surface area contributed by atoms with E-state index in [-0.39, 0.29) is 18.4 Å². The third kappa shape index (κ3) is 3.22. The van der Waals surface area contributed by atoms with Crippen LogP contribution in [-0.4, -0.2) is 42.5 Å². The van der Waals surface area contributed by atoms with Gasteiger partial charge in [-0.1, -0.05) is 30.7 Å². The van der Waals surface area contributed by atoms with Crippen molar-refractivity contribution in [2.24, 2.45) is 0 Å². The molecule has 1 aliphatic heterocycles. The summed E-state index contributed by atoms with van der Waals surface area (Å²) in [6, 6.07) is 6.57. The smallest absolute Gasteiger partial charge is 0.261 e. The topological polar surface area (TPSA) is 58.6 Å². The highest BCUT2D eigenvalue weighted by Gasteiger charge is 2.31.